The fourth-order valence-corrected chi connectivity index (χ4v) is 4.41. The van der Waals surface area contributed by atoms with Crippen molar-refractivity contribution in [3.05, 3.63) is 16.1 Å². The predicted molar refractivity (Wildman–Crippen MR) is 76.8 cm³/mol. The first-order chi connectivity index (χ1) is 7.36. The molecule has 2 heterocycles. The summed E-state index contributed by atoms with van der Waals surface area (Å²) in [7, 11) is 0. The Morgan fingerprint density at radius 3 is 3.20 bits per heavy atom. The molecule has 82 valence electrons. The largest absolute Gasteiger partial charge is 0.368 e. The third-order valence-corrected chi connectivity index (χ3v) is 5.68. The Kier molecular flexibility index (Phi) is 4.83. The second kappa shape index (κ2) is 6.15. The maximum Gasteiger partial charge on any atom is 0.142 e. The maximum atomic E-state index is 4.22. The summed E-state index contributed by atoms with van der Waals surface area (Å²) in [4.78, 5) is 8.19. The molecule has 0 bridgehead atoms. The molecule has 0 aliphatic carbocycles. The van der Waals surface area contributed by atoms with Gasteiger partial charge in [-0.15, -0.1) is 0 Å². The molecule has 1 N–H and O–H groups in total. The minimum absolute atomic E-state index is 0.717. The Morgan fingerprint density at radius 1 is 1.53 bits per heavy atom. The number of hydrogen-bond donors (Lipinski definition) is 1. The molecule has 1 saturated heterocycles. The van der Waals surface area contributed by atoms with Crippen LogP contribution in [0.15, 0.2) is 12.5 Å². The highest BCUT2D eigenvalue weighted by atomic mass is 127. The number of aromatic nitrogens is 2. The fraction of sp³-hybridized carbons (Fsp3) is 0.556. The number of rotatable bonds is 3. The number of halogens is 1. The van der Waals surface area contributed by atoms with Gasteiger partial charge in [0.1, 0.15) is 12.1 Å². The molecule has 0 aromatic carbocycles. The molecular weight excluding hydrogens is 341 g/mol. The minimum atomic E-state index is 0.717. The van der Waals surface area contributed by atoms with Gasteiger partial charge in [-0.3, -0.25) is 0 Å². The Balaban J connectivity index is 1.84. The van der Waals surface area contributed by atoms with Gasteiger partial charge in [0.25, 0.3) is 0 Å². The predicted octanol–water partition coefficient (Wildman–Crippen LogP) is 2.34. The summed E-state index contributed by atoms with van der Waals surface area (Å²) in [5.41, 5.74) is 0. The summed E-state index contributed by atoms with van der Waals surface area (Å²) in [6.07, 6.45) is 3.42. The molecule has 3 nitrogen and oxygen atoms in total. The lowest BCUT2D eigenvalue weighted by Gasteiger charge is -2.21. The van der Waals surface area contributed by atoms with Gasteiger partial charge in [-0.25, -0.2) is 9.97 Å². The molecule has 1 aliphatic heterocycles. The third kappa shape index (κ3) is 3.67. The normalized spacial score (nSPS) is 21.3. The van der Waals surface area contributed by atoms with Crippen LogP contribution in [0, 0.1) is 3.57 Å². The standard InChI is InChI=1S/C9H12IN3S2/c10-8-4-11-6-13-9(8)12-3-7-5-14-1-2-15-7/h4,6-7H,1-3,5H2,(H,11,12,13). The monoisotopic (exact) mass is 353 g/mol. The van der Waals surface area contributed by atoms with Crippen LogP contribution in [-0.4, -0.2) is 39.0 Å². The van der Waals surface area contributed by atoms with Crippen molar-refractivity contribution in [1.82, 2.24) is 9.97 Å². The van der Waals surface area contributed by atoms with Crippen LogP contribution in [-0.2, 0) is 0 Å². The van der Waals surface area contributed by atoms with Gasteiger partial charge in [0.05, 0.1) is 3.57 Å². The summed E-state index contributed by atoms with van der Waals surface area (Å²) in [6, 6.07) is 0. The van der Waals surface area contributed by atoms with E-state index in [1.54, 1.807) is 6.33 Å². The average molecular weight is 353 g/mol. The van der Waals surface area contributed by atoms with Crippen molar-refractivity contribution in [2.24, 2.45) is 0 Å². The molecule has 1 atom stereocenters. The van der Waals surface area contributed by atoms with Gasteiger partial charge in [0.15, 0.2) is 0 Å². The number of anilines is 1. The molecule has 0 radical (unpaired) electrons. The first-order valence-corrected chi connectivity index (χ1v) is 8.03. The van der Waals surface area contributed by atoms with Crippen molar-refractivity contribution >= 4 is 51.9 Å². The van der Waals surface area contributed by atoms with E-state index in [0.717, 1.165) is 21.2 Å². The second-order valence-electron chi connectivity index (χ2n) is 3.17. The first-order valence-electron chi connectivity index (χ1n) is 4.75. The molecule has 0 saturated carbocycles. The van der Waals surface area contributed by atoms with E-state index in [-0.39, 0.29) is 0 Å². The van der Waals surface area contributed by atoms with E-state index in [9.17, 15) is 0 Å². The average Bonchev–Trinajstić information content (AvgIpc) is 2.29. The van der Waals surface area contributed by atoms with Crippen molar-refractivity contribution in [3.8, 4) is 0 Å². The zero-order valence-electron chi connectivity index (χ0n) is 8.15. The lowest BCUT2D eigenvalue weighted by molar-refractivity contribution is 0.984. The topological polar surface area (TPSA) is 37.8 Å². The molecule has 15 heavy (non-hydrogen) atoms. The van der Waals surface area contributed by atoms with Gasteiger partial charge in [-0.2, -0.15) is 23.5 Å². The summed E-state index contributed by atoms with van der Waals surface area (Å²) >= 11 is 6.36. The van der Waals surface area contributed by atoms with Crippen LogP contribution in [0.4, 0.5) is 5.82 Å². The molecule has 1 aromatic rings. The Morgan fingerprint density at radius 2 is 2.47 bits per heavy atom. The summed E-state index contributed by atoms with van der Waals surface area (Å²) < 4.78 is 1.09. The van der Waals surface area contributed by atoms with Crippen molar-refractivity contribution in [1.29, 1.82) is 0 Å². The van der Waals surface area contributed by atoms with Crippen LogP contribution in [0.25, 0.3) is 0 Å². The SMILES string of the molecule is Ic1cncnc1NCC1CSCCS1. The molecular formula is C9H12IN3S2. The lowest BCUT2D eigenvalue weighted by Crippen LogP contribution is -2.23. The first kappa shape index (κ1) is 11.8. The number of thioether (sulfide) groups is 2. The van der Waals surface area contributed by atoms with Crippen LogP contribution in [0.2, 0.25) is 0 Å². The fourth-order valence-electron chi connectivity index (χ4n) is 1.31. The Labute approximate surface area is 112 Å². The zero-order valence-corrected chi connectivity index (χ0v) is 11.9. The van der Waals surface area contributed by atoms with Crippen LogP contribution < -0.4 is 5.32 Å². The van der Waals surface area contributed by atoms with E-state index in [2.05, 4.69) is 49.6 Å². The van der Waals surface area contributed by atoms with E-state index in [4.69, 9.17) is 0 Å². The summed E-state index contributed by atoms with van der Waals surface area (Å²) in [5, 5.41) is 4.11. The van der Waals surface area contributed by atoms with Gasteiger partial charge < -0.3 is 5.32 Å². The van der Waals surface area contributed by atoms with E-state index in [1.165, 1.54) is 17.3 Å². The number of hydrogen-bond acceptors (Lipinski definition) is 5. The van der Waals surface area contributed by atoms with Crippen LogP contribution in [0.3, 0.4) is 0 Å². The lowest BCUT2D eigenvalue weighted by atomic mass is 10.4. The number of nitrogens with zero attached hydrogens (tertiary/aromatic N) is 2. The van der Waals surface area contributed by atoms with Gasteiger partial charge >= 0.3 is 0 Å². The smallest absolute Gasteiger partial charge is 0.142 e. The van der Waals surface area contributed by atoms with Gasteiger partial charge in [-0.05, 0) is 22.6 Å². The highest BCUT2D eigenvalue weighted by Gasteiger charge is 2.14. The summed E-state index contributed by atoms with van der Waals surface area (Å²) in [5.74, 6) is 4.78. The molecule has 1 aromatic heterocycles. The van der Waals surface area contributed by atoms with E-state index in [1.807, 2.05) is 18.0 Å². The number of nitrogens with one attached hydrogen (secondary N) is 1. The Hall–Kier alpha value is 0.310. The van der Waals surface area contributed by atoms with Crippen LogP contribution in [0.1, 0.15) is 0 Å². The van der Waals surface area contributed by atoms with E-state index < -0.39 is 0 Å². The van der Waals surface area contributed by atoms with Crippen molar-refractivity contribution in [3.63, 3.8) is 0 Å². The van der Waals surface area contributed by atoms with Crippen LogP contribution in [0.5, 0.6) is 0 Å². The quantitative estimate of drug-likeness (QED) is 0.845. The highest BCUT2D eigenvalue weighted by molar-refractivity contribution is 14.1. The second-order valence-corrected chi connectivity index (χ2v) is 6.89. The minimum Gasteiger partial charge on any atom is -0.368 e. The highest BCUT2D eigenvalue weighted by Crippen LogP contribution is 2.24. The zero-order chi connectivity index (χ0) is 10.5. The van der Waals surface area contributed by atoms with Gasteiger partial charge in [-0.1, -0.05) is 0 Å². The molecule has 6 heteroatoms. The van der Waals surface area contributed by atoms with E-state index >= 15 is 0 Å². The molecule has 1 unspecified atom stereocenters. The van der Waals surface area contributed by atoms with Crippen LogP contribution >= 0.6 is 46.1 Å². The third-order valence-electron chi connectivity index (χ3n) is 2.05. The van der Waals surface area contributed by atoms with Crippen molar-refractivity contribution < 1.29 is 0 Å². The molecule has 0 amide bonds. The molecule has 2 rings (SSSR count). The molecule has 1 fully saturated rings. The molecule has 0 spiro atoms. The van der Waals surface area contributed by atoms with Gasteiger partial charge in [0.2, 0.25) is 0 Å². The summed E-state index contributed by atoms with van der Waals surface area (Å²) in [6.45, 7) is 1.00. The molecule has 1 aliphatic rings. The Bertz CT molecular complexity index is 318. The maximum absolute atomic E-state index is 4.22. The van der Waals surface area contributed by atoms with Crippen molar-refractivity contribution in [2.75, 3.05) is 29.1 Å². The van der Waals surface area contributed by atoms with Gasteiger partial charge in [0, 0.05) is 35.3 Å². The van der Waals surface area contributed by atoms with Crippen molar-refractivity contribution in [2.45, 2.75) is 5.25 Å². The van der Waals surface area contributed by atoms with E-state index in [0.29, 0.717) is 0 Å².